The molecule has 1 aliphatic rings. The number of nitrogens with zero attached hydrogens (tertiary/aromatic N) is 2. The molecule has 0 atom stereocenters. The summed E-state index contributed by atoms with van der Waals surface area (Å²) in [4.78, 5) is 29.9. The number of nitrogens with two attached hydrogens (primary N) is 1. The number of thiazole rings is 1. The van der Waals surface area contributed by atoms with E-state index < -0.39 is 9.84 Å². The molecule has 0 bridgehead atoms. The number of amides is 2. The molecule has 26 heavy (non-hydrogen) atoms. The number of fused-ring (bicyclic) bond motifs is 1. The van der Waals surface area contributed by atoms with Crippen LogP contribution in [0.1, 0.15) is 12.8 Å². The summed E-state index contributed by atoms with van der Waals surface area (Å²) in [6, 6.07) is 4.72. The second-order valence-corrected chi connectivity index (χ2v) is 9.47. The van der Waals surface area contributed by atoms with Gasteiger partial charge in [-0.1, -0.05) is 11.3 Å². The van der Waals surface area contributed by atoms with Crippen LogP contribution in [0.3, 0.4) is 0 Å². The number of aromatic nitrogens is 1. The van der Waals surface area contributed by atoms with Crippen LogP contribution < -0.4 is 11.1 Å². The first-order valence-corrected chi connectivity index (χ1v) is 10.9. The third-order valence-corrected chi connectivity index (χ3v) is 6.40. The highest BCUT2D eigenvalue weighted by Crippen LogP contribution is 2.29. The van der Waals surface area contributed by atoms with Gasteiger partial charge in [-0.2, -0.15) is 0 Å². The Kier molecular flexibility index (Phi) is 5.26. The van der Waals surface area contributed by atoms with Crippen LogP contribution in [0.5, 0.6) is 0 Å². The van der Waals surface area contributed by atoms with Crippen LogP contribution in [0.2, 0.25) is 0 Å². The summed E-state index contributed by atoms with van der Waals surface area (Å²) >= 11 is 1.25. The molecular formula is C16H20N4O4S2. The number of anilines is 1. The van der Waals surface area contributed by atoms with E-state index in [1.165, 1.54) is 17.4 Å². The first-order valence-electron chi connectivity index (χ1n) is 8.14. The zero-order chi connectivity index (χ0) is 18.9. The van der Waals surface area contributed by atoms with E-state index in [1.54, 1.807) is 12.1 Å². The molecule has 1 saturated heterocycles. The molecule has 2 heterocycles. The first-order chi connectivity index (χ1) is 12.2. The molecule has 3 rings (SSSR count). The Hall–Kier alpha value is -2.04. The number of benzene rings is 1. The van der Waals surface area contributed by atoms with Crippen LogP contribution >= 0.6 is 11.3 Å². The summed E-state index contributed by atoms with van der Waals surface area (Å²) < 4.78 is 24.0. The summed E-state index contributed by atoms with van der Waals surface area (Å²) in [7, 11) is -3.29. The van der Waals surface area contributed by atoms with Crippen molar-refractivity contribution < 1.29 is 18.0 Å². The zero-order valence-corrected chi connectivity index (χ0v) is 15.9. The Morgan fingerprint density at radius 3 is 2.65 bits per heavy atom. The average Bonchev–Trinajstić information content (AvgIpc) is 2.95. The molecule has 0 saturated carbocycles. The third-order valence-electron chi connectivity index (χ3n) is 4.36. The summed E-state index contributed by atoms with van der Waals surface area (Å²) in [5.41, 5.74) is 5.84. The molecule has 140 valence electrons. The monoisotopic (exact) mass is 396 g/mol. The Balaban J connectivity index is 1.65. The molecule has 2 amide bonds. The average molecular weight is 396 g/mol. The summed E-state index contributed by atoms with van der Waals surface area (Å²) in [6.45, 7) is 1.52. The predicted molar refractivity (Wildman–Crippen MR) is 99.7 cm³/mol. The van der Waals surface area contributed by atoms with Gasteiger partial charge in [0, 0.05) is 12.2 Å². The fourth-order valence-electron chi connectivity index (χ4n) is 2.97. The lowest BCUT2D eigenvalue weighted by atomic mass is 9.96. The highest BCUT2D eigenvalue weighted by atomic mass is 32.2. The molecule has 10 heteroatoms. The van der Waals surface area contributed by atoms with Crippen LogP contribution in [0.15, 0.2) is 23.1 Å². The number of hydrogen-bond acceptors (Lipinski definition) is 7. The summed E-state index contributed by atoms with van der Waals surface area (Å²) in [5.74, 6) is -0.611. The van der Waals surface area contributed by atoms with Crippen molar-refractivity contribution in [2.45, 2.75) is 17.7 Å². The molecule has 0 aliphatic carbocycles. The molecule has 2 aromatic rings. The number of carbonyl (C=O) groups excluding carboxylic acids is 2. The van der Waals surface area contributed by atoms with Crippen LogP contribution in [-0.4, -0.2) is 56.0 Å². The number of piperidine rings is 1. The Labute approximate surface area is 155 Å². The van der Waals surface area contributed by atoms with Gasteiger partial charge in [0.25, 0.3) is 0 Å². The molecular weight excluding hydrogens is 376 g/mol. The van der Waals surface area contributed by atoms with E-state index in [4.69, 9.17) is 5.73 Å². The van der Waals surface area contributed by atoms with E-state index in [1.807, 2.05) is 4.90 Å². The minimum atomic E-state index is -3.29. The maximum Gasteiger partial charge on any atom is 0.231 e. The maximum atomic E-state index is 12.4. The third kappa shape index (κ3) is 4.37. The maximum absolute atomic E-state index is 12.4. The minimum absolute atomic E-state index is 0.105. The molecule has 8 nitrogen and oxygen atoms in total. The smallest absolute Gasteiger partial charge is 0.231 e. The molecule has 1 aliphatic heterocycles. The topological polar surface area (TPSA) is 122 Å². The van der Waals surface area contributed by atoms with Gasteiger partial charge in [0.2, 0.25) is 11.8 Å². The van der Waals surface area contributed by atoms with Gasteiger partial charge < -0.3 is 11.1 Å². The number of nitrogens with one attached hydrogen (secondary N) is 1. The van der Waals surface area contributed by atoms with E-state index in [2.05, 4.69) is 10.3 Å². The molecule has 0 unspecified atom stereocenters. The number of rotatable bonds is 5. The molecule has 0 spiro atoms. The van der Waals surface area contributed by atoms with Crippen LogP contribution in [-0.2, 0) is 19.4 Å². The molecule has 1 aromatic carbocycles. The van der Waals surface area contributed by atoms with Gasteiger partial charge in [0.1, 0.15) is 0 Å². The van der Waals surface area contributed by atoms with Gasteiger partial charge in [-0.25, -0.2) is 13.4 Å². The summed E-state index contributed by atoms with van der Waals surface area (Å²) in [6.07, 6.45) is 2.47. The number of carbonyl (C=O) groups is 2. The van der Waals surface area contributed by atoms with Crippen molar-refractivity contribution in [3.63, 3.8) is 0 Å². The predicted octanol–water partition coefficient (Wildman–Crippen LogP) is 0.836. The Morgan fingerprint density at radius 1 is 1.35 bits per heavy atom. The van der Waals surface area contributed by atoms with E-state index in [0.717, 1.165) is 6.26 Å². The largest absolute Gasteiger partial charge is 0.369 e. The quantitative estimate of drug-likeness (QED) is 0.772. The fourth-order valence-corrected chi connectivity index (χ4v) is 4.60. The lowest BCUT2D eigenvalue weighted by molar-refractivity contribution is -0.122. The lowest BCUT2D eigenvalue weighted by Gasteiger charge is -2.29. The van der Waals surface area contributed by atoms with Crippen molar-refractivity contribution in [3.05, 3.63) is 18.2 Å². The highest BCUT2D eigenvalue weighted by molar-refractivity contribution is 7.90. The molecule has 0 radical (unpaired) electrons. The second-order valence-electron chi connectivity index (χ2n) is 6.43. The van der Waals surface area contributed by atoms with E-state index in [0.29, 0.717) is 41.3 Å². The van der Waals surface area contributed by atoms with Crippen molar-refractivity contribution in [2.75, 3.05) is 31.2 Å². The zero-order valence-electron chi connectivity index (χ0n) is 14.3. The number of hydrogen-bond donors (Lipinski definition) is 2. The standard InChI is InChI=1S/C16H20N4O4S2/c1-26(23,24)11-2-3-12-13(8-11)25-16(18-12)19-15(22)10-4-6-20(7-5-10)9-14(17)21/h2-3,8,10H,4-7,9H2,1H3,(H2,17,21)(H,18,19,22). The van der Waals surface area contributed by atoms with Gasteiger partial charge in [-0.3, -0.25) is 14.5 Å². The second kappa shape index (κ2) is 7.29. The van der Waals surface area contributed by atoms with Crippen molar-refractivity contribution >= 4 is 48.3 Å². The van der Waals surface area contributed by atoms with Crippen molar-refractivity contribution in [3.8, 4) is 0 Å². The minimum Gasteiger partial charge on any atom is -0.369 e. The van der Waals surface area contributed by atoms with Crippen molar-refractivity contribution in [1.82, 2.24) is 9.88 Å². The number of likely N-dealkylation sites (tertiary alicyclic amines) is 1. The van der Waals surface area contributed by atoms with Crippen LogP contribution in [0.25, 0.3) is 10.2 Å². The highest BCUT2D eigenvalue weighted by Gasteiger charge is 2.26. The first kappa shape index (κ1) is 18.7. The van der Waals surface area contributed by atoms with E-state index >= 15 is 0 Å². The number of sulfone groups is 1. The lowest BCUT2D eigenvalue weighted by Crippen LogP contribution is -2.42. The van der Waals surface area contributed by atoms with Gasteiger partial charge >= 0.3 is 0 Å². The fraction of sp³-hybridized carbons (Fsp3) is 0.438. The van der Waals surface area contributed by atoms with Crippen molar-refractivity contribution in [1.29, 1.82) is 0 Å². The van der Waals surface area contributed by atoms with E-state index in [9.17, 15) is 18.0 Å². The van der Waals surface area contributed by atoms with E-state index in [-0.39, 0.29) is 29.2 Å². The summed E-state index contributed by atoms with van der Waals surface area (Å²) in [5, 5.41) is 3.28. The van der Waals surface area contributed by atoms with Gasteiger partial charge in [-0.05, 0) is 44.1 Å². The number of primary amides is 1. The Morgan fingerprint density at radius 2 is 2.04 bits per heavy atom. The normalized spacial score (nSPS) is 16.7. The van der Waals surface area contributed by atoms with Gasteiger partial charge in [0.15, 0.2) is 15.0 Å². The molecule has 3 N–H and O–H groups in total. The van der Waals surface area contributed by atoms with Gasteiger partial charge in [-0.15, -0.1) is 0 Å². The van der Waals surface area contributed by atoms with Crippen LogP contribution in [0.4, 0.5) is 5.13 Å². The van der Waals surface area contributed by atoms with Gasteiger partial charge in [0.05, 0.1) is 21.7 Å². The SMILES string of the molecule is CS(=O)(=O)c1ccc2nc(NC(=O)C3CCN(CC(N)=O)CC3)sc2c1. The molecule has 1 aromatic heterocycles. The molecule has 1 fully saturated rings. The van der Waals surface area contributed by atoms with Crippen LogP contribution in [0, 0.1) is 5.92 Å². The van der Waals surface area contributed by atoms with Crippen molar-refractivity contribution in [2.24, 2.45) is 11.7 Å². The Bertz CT molecular complexity index is 946.